The van der Waals surface area contributed by atoms with Gasteiger partial charge in [0.15, 0.2) is 0 Å². The van der Waals surface area contributed by atoms with E-state index < -0.39 is 0 Å². The molecule has 2 aromatic carbocycles. The van der Waals surface area contributed by atoms with Crippen LogP contribution in [0.5, 0.6) is 0 Å². The molecule has 3 aromatic rings. The van der Waals surface area contributed by atoms with E-state index in [1.54, 1.807) is 0 Å². The van der Waals surface area contributed by atoms with Crippen LogP contribution in [0.1, 0.15) is 16.7 Å². The van der Waals surface area contributed by atoms with Crippen molar-refractivity contribution in [3.63, 3.8) is 0 Å². The number of rotatable bonds is 5. The summed E-state index contributed by atoms with van der Waals surface area (Å²) in [5, 5.41) is 12.2. The van der Waals surface area contributed by atoms with Gasteiger partial charge in [0.2, 0.25) is 5.91 Å². The van der Waals surface area contributed by atoms with Crippen molar-refractivity contribution in [1.82, 2.24) is 10.2 Å². The number of nitrogens with zero attached hydrogens (tertiary/aromatic N) is 2. The van der Waals surface area contributed by atoms with Crippen LogP contribution >= 0.6 is 11.8 Å². The van der Waals surface area contributed by atoms with E-state index in [2.05, 4.69) is 34.6 Å². The van der Waals surface area contributed by atoms with Crippen LogP contribution in [0.4, 0.5) is 5.69 Å². The van der Waals surface area contributed by atoms with Gasteiger partial charge in [-0.25, -0.2) is 0 Å². The number of amides is 1. The van der Waals surface area contributed by atoms with Crippen molar-refractivity contribution >= 4 is 23.4 Å². The molecule has 1 N–H and O–H groups in total. The fourth-order valence-electron chi connectivity index (χ4n) is 2.78. The van der Waals surface area contributed by atoms with E-state index in [9.17, 15) is 4.79 Å². The third-order valence-electron chi connectivity index (χ3n) is 3.92. The van der Waals surface area contributed by atoms with E-state index in [4.69, 9.17) is 0 Å². The molecule has 5 heteroatoms. The van der Waals surface area contributed by atoms with Crippen molar-refractivity contribution in [2.24, 2.45) is 0 Å². The first kappa shape index (κ1) is 18.1. The highest BCUT2D eigenvalue weighted by atomic mass is 32.2. The van der Waals surface area contributed by atoms with Crippen LogP contribution in [0.2, 0.25) is 0 Å². The van der Waals surface area contributed by atoms with Gasteiger partial charge < -0.3 is 5.32 Å². The molecule has 0 aliphatic carbocycles. The smallest absolute Gasteiger partial charge is 0.234 e. The summed E-state index contributed by atoms with van der Waals surface area (Å²) in [5.74, 6) is 0.246. The summed E-state index contributed by atoms with van der Waals surface area (Å²) in [7, 11) is 0. The molecule has 0 unspecified atom stereocenters. The number of carbonyl (C=O) groups is 1. The van der Waals surface area contributed by atoms with Crippen LogP contribution in [0.15, 0.2) is 59.6 Å². The minimum atomic E-state index is -0.0511. The Kier molecular flexibility index (Phi) is 5.68. The Bertz CT molecular complexity index is 903. The Morgan fingerprint density at radius 1 is 0.962 bits per heavy atom. The Labute approximate surface area is 158 Å². The summed E-state index contributed by atoms with van der Waals surface area (Å²) in [4.78, 5) is 12.2. The van der Waals surface area contributed by atoms with Crippen molar-refractivity contribution in [2.45, 2.75) is 25.8 Å². The van der Waals surface area contributed by atoms with Gasteiger partial charge >= 0.3 is 0 Å². The average molecular weight is 363 g/mol. The monoisotopic (exact) mass is 363 g/mol. The first-order chi connectivity index (χ1) is 12.5. The summed E-state index contributed by atoms with van der Waals surface area (Å²) in [6.07, 6.45) is 0. The lowest BCUT2D eigenvalue weighted by atomic mass is 10.1. The summed E-state index contributed by atoms with van der Waals surface area (Å²) in [5.41, 5.74) is 6.16. The lowest BCUT2D eigenvalue weighted by Gasteiger charge is -2.08. The predicted octanol–water partition coefficient (Wildman–Crippen LogP) is 4.80. The molecule has 0 aliphatic rings. The highest BCUT2D eigenvalue weighted by molar-refractivity contribution is 7.99. The second kappa shape index (κ2) is 8.15. The molecule has 0 saturated carbocycles. The van der Waals surface area contributed by atoms with Gasteiger partial charge in [0, 0.05) is 11.3 Å². The molecule has 0 spiro atoms. The third kappa shape index (κ3) is 4.70. The molecule has 0 saturated heterocycles. The van der Waals surface area contributed by atoms with E-state index in [0.717, 1.165) is 38.7 Å². The van der Waals surface area contributed by atoms with Crippen LogP contribution in [0.3, 0.4) is 0 Å². The molecule has 0 radical (unpaired) electrons. The molecule has 0 aliphatic heterocycles. The summed E-state index contributed by atoms with van der Waals surface area (Å²) in [6.45, 7) is 6.09. The highest BCUT2D eigenvalue weighted by Crippen LogP contribution is 2.22. The fourth-order valence-corrected chi connectivity index (χ4v) is 3.40. The molecule has 1 amide bonds. The lowest BCUT2D eigenvalue weighted by molar-refractivity contribution is -0.113. The molecular weight excluding hydrogens is 342 g/mol. The molecule has 4 nitrogen and oxygen atoms in total. The van der Waals surface area contributed by atoms with Gasteiger partial charge in [0.25, 0.3) is 0 Å². The number of aromatic nitrogens is 2. The number of thioether (sulfide) groups is 1. The Hall–Kier alpha value is -2.66. The van der Waals surface area contributed by atoms with Crippen molar-refractivity contribution in [3.05, 3.63) is 71.3 Å². The summed E-state index contributed by atoms with van der Waals surface area (Å²) >= 11 is 1.38. The molecule has 1 aromatic heterocycles. The van der Waals surface area contributed by atoms with Gasteiger partial charge in [-0.2, -0.15) is 0 Å². The average Bonchev–Trinajstić information content (AvgIpc) is 2.60. The van der Waals surface area contributed by atoms with Crippen LogP contribution in [-0.4, -0.2) is 21.9 Å². The highest BCUT2D eigenvalue weighted by Gasteiger charge is 2.07. The number of carbonyl (C=O) groups excluding carboxylic acids is 1. The van der Waals surface area contributed by atoms with Crippen LogP contribution in [0, 0.1) is 20.8 Å². The topological polar surface area (TPSA) is 54.9 Å². The van der Waals surface area contributed by atoms with Crippen LogP contribution in [-0.2, 0) is 4.79 Å². The fraction of sp³-hybridized carbons (Fsp3) is 0.190. The van der Waals surface area contributed by atoms with Gasteiger partial charge in [0.05, 0.1) is 11.4 Å². The number of anilines is 1. The molecule has 0 atom stereocenters. The van der Waals surface area contributed by atoms with Crippen molar-refractivity contribution in [3.8, 4) is 11.3 Å². The van der Waals surface area contributed by atoms with E-state index in [-0.39, 0.29) is 5.91 Å². The maximum atomic E-state index is 12.2. The van der Waals surface area contributed by atoms with Gasteiger partial charge in [-0.05, 0) is 61.7 Å². The number of hydrogen-bond donors (Lipinski definition) is 1. The molecule has 0 bridgehead atoms. The SMILES string of the molecule is Cc1cc(C)cc(NC(=O)CSc2ccc(-c3ccccc3C)nn2)c1. The van der Waals surface area contributed by atoms with Crippen LogP contribution < -0.4 is 5.32 Å². The largest absolute Gasteiger partial charge is 0.325 e. The van der Waals surface area contributed by atoms with E-state index in [1.165, 1.54) is 11.8 Å². The zero-order valence-corrected chi connectivity index (χ0v) is 15.9. The van der Waals surface area contributed by atoms with Gasteiger partial charge in [-0.3, -0.25) is 4.79 Å². The van der Waals surface area contributed by atoms with Crippen molar-refractivity contribution < 1.29 is 4.79 Å². The third-order valence-corrected chi connectivity index (χ3v) is 4.84. The molecule has 3 rings (SSSR count). The number of hydrogen-bond acceptors (Lipinski definition) is 4. The second-order valence-corrected chi connectivity index (χ2v) is 7.28. The standard InChI is InChI=1S/C21H21N3OS/c1-14-10-15(2)12-17(11-14)22-20(25)13-26-21-9-8-19(23-24-21)18-7-5-4-6-16(18)3/h4-12H,13H2,1-3H3,(H,22,25). The lowest BCUT2D eigenvalue weighted by Crippen LogP contribution is -2.14. The number of nitrogens with one attached hydrogen (secondary N) is 1. The molecule has 132 valence electrons. The van der Waals surface area contributed by atoms with Gasteiger partial charge in [0.1, 0.15) is 5.03 Å². The Morgan fingerprint density at radius 2 is 1.69 bits per heavy atom. The first-order valence-electron chi connectivity index (χ1n) is 8.42. The summed E-state index contributed by atoms with van der Waals surface area (Å²) in [6, 6.07) is 17.9. The van der Waals surface area contributed by atoms with E-state index in [0.29, 0.717) is 5.75 Å². The van der Waals surface area contributed by atoms with Gasteiger partial charge in [-0.1, -0.05) is 42.1 Å². The van der Waals surface area contributed by atoms with Crippen molar-refractivity contribution in [1.29, 1.82) is 0 Å². The summed E-state index contributed by atoms with van der Waals surface area (Å²) < 4.78 is 0. The maximum absolute atomic E-state index is 12.2. The molecular formula is C21H21N3OS. The number of aryl methyl sites for hydroxylation is 3. The Balaban J connectivity index is 1.59. The van der Waals surface area contributed by atoms with Crippen molar-refractivity contribution in [2.75, 3.05) is 11.1 Å². The quantitative estimate of drug-likeness (QED) is 0.662. The minimum absolute atomic E-state index is 0.0511. The van der Waals surface area contributed by atoms with Crippen LogP contribution in [0.25, 0.3) is 11.3 Å². The van der Waals surface area contributed by atoms with Gasteiger partial charge in [-0.15, -0.1) is 10.2 Å². The predicted molar refractivity (Wildman–Crippen MR) is 107 cm³/mol. The number of benzene rings is 2. The zero-order valence-electron chi connectivity index (χ0n) is 15.1. The second-order valence-electron chi connectivity index (χ2n) is 6.28. The molecule has 26 heavy (non-hydrogen) atoms. The van der Waals surface area contributed by atoms with E-state index >= 15 is 0 Å². The van der Waals surface area contributed by atoms with E-state index in [1.807, 2.05) is 56.3 Å². The first-order valence-corrected chi connectivity index (χ1v) is 9.40. The molecule has 0 fully saturated rings. The molecule has 1 heterocycles. The minimum Gasteiger partial charge on any atom is -0.325 e. The normalized spacial score (nSPS) is 10.6. The zero-order chi connectivity index (χ0) is 18.5. The maximum Gasteiger partial charge on any atom is 0.234 e. The Morgan fingerprint density at radius 3 is 2.35 bits per heavy atom.